The highest BCUT2D eigenvalue weighted by atomic mass is 16.5. The molecule has 1 N–H and O–H groups in total. The fourth-order valence-corrected chi connectivity index (χ4v) is 3.83. The number of amides is 1. The summed E-state index contributed by atoms with van der Waals surface area (Å²) in [5.74, 6) is 0.636. The average molecular weight is 365 g/mol. The number of hydrogen-bond donors (Lipinski definition) is 1. The number of rotatable bonds is 6. The van der Waals surface area contributed by atoms with Crippen molar-refractivity contribution in [2.75, 3.05) is 6.61 Å². The molecule has 0 bridgehead atoms. The SMILES string of the molecule is CC[C@H](NC(=O)COc1ccc(C)c2c1C(=O)C[C@H]2C)c1ccc(C)cc1. The van der Waals surface area contributed by atoms with E-state index in [-0.39, 0.29) is 30.3 Å². The molecular formula is C23H27NO3. The number of ether oxygens (including phenoxy) is 1. The van der Waals surface area contributed by atoms with E-state index in [1.54, 1.807) is 6.07 Å². The minimum Gasteiger partial charge on any atom is -0.483 e. The zero-order valence-corrected chi connectivity index (χ0v) is 16.5. The van der Waals surface area contributed by atoms with Crippen molar-refractivity contribution in [2.45, 2.75) is 52.5 Å². The van der Waals surface area contributed by atoms with Gasteiger partial charge in [-0.3, -0.25) is 9.59 Å². The van der Waals surface area contributed by atoms with E-state index in [1.165, 1.54) is 5.56 Å². The number of fused-ring (bicyclic) bond motifs is 1. The van der Waals surface area contributed by atoms with Crippen LogP contribution in [0.2, 0.25) is 0 Å². The van der Waals surface area contributed by atoms with Crippen molar-refractivity contribution < 1.29 is 14.3 Å². The van der Waals surface area contributed by atoms with E-state index in [9.17, 15) is 9.59 Å². The highest BCUT2D eigenvalue weighted by molar-refractivity contribution is 6.04. The van der Waals surface area contributed by atoms with Crippen LogP contribution in [0, 0.1) is 13.8 Å². The van der Waals surface area contributed by atoms with Gasteiger partial charge in [0, 0.05) is 6.42 Å². The van der Waals surface area contributed by atoms with Crippen LogP contribution in [0.3, 0.4) is 0 Å². The topological polar surface area (TPSA) is 55.4 Å². The van der Waals surface area contributed by atoms with Gasteiger partial charge < -0.3 is 10.1 Å². The molecule has 0 unspecified atom stereocenters. The molecule has 0 fully saturated rings. The molecule has 1 aliphatic rings. The lowest BCUT2D eigenvalue weighted by atomic mass is 9.97. The first kappa shape index (κ1) is 19.2. The molecule has 0 saturated heterocycles. The summed E-state index contributed by atoms with van der Waals surface area (Å²) in [5, 5.41) is 3.02. The molecule has 0 aromatic heterocycles. The van der Waals surface area contributed by atoms with Crippen molar-refractivity contribution in [1.82, 2.24) is 5.32 Å². The van der Waals surface area contributed by atoms with Crippen molar-refractivity contribution in [3.63, 3.8) is 0 Å². The largest absolute Gasteiger partial charge is 0.483 e. The number of benzene rings is 2. The van der Waals surface area contributed by atoms with Gasteiger partial charge in [-0.15, -0.1) is 0 Å². The van der Waals surface area contributed by atoms with E-state index in [4.69, 9.17) is 4.74 Å². The predicted octanol–water partition coefficient (Wildman–Crippen LogP) is 4.64. The molecule has 0 aliphatic heterocycles. The molecule has 0 radical (unpaired) electrons. The van der Waals surface area contributed by atoms with E-state index in [1.807, 2.05) is 51.1 Å². The van der Waals surface area contributed by atoms with Gasteiger partial charge in [0.25, 0.3) is 5.91 Å². The molecule has 4 nitrogen and oxygen atoms in total. The lowest BCUT2D eigenvalue weighted by Crippen LogP contribution is -2.32. The first-order chi connectivity index (χ1) is 12.9. The van der Waals surface area contributed by atoms with Crippen LogP contribution < -0.4 is 10.1 Å². The molecule has 2 aromatic carbocycles. The summed E-state index contributed by atoms with van der Waals surface area (Å²) in [6, 6.07) is 11.9. The van der Waals surface area contributed by atoms with Crippen LogP contribution in [0.4, 0.5) is 0 Å². The van der Waals surface area contributed by atoms with Gasteiger partial charge in [-0.1, -0.05) is 49.7 Å². The van der Waals surface area contributed by atoms with Gasteiger partial charge in [0.15, 0.2) is 12.4 Å². The Morgan fingerprint density at radius 1 is 1.19 bits per heavy atom. The van der Waals surface area contributed by atoms with E-state index in [2.05, 4.69) is 12.2 Å². The summed E-state index contributed by atoms with van der Waals surface area (Å²) < 4.78 is 5.75. The minimum atomic E-state index is -0.185. The highest BCUT2D eigenvalue weighted by Crippen LogP contribution is 2.40. The quantitative estimate of drug-likeness (QED) is 0.811. The molecule has 2 aromatic rings. The number of aryl methyl sites for hydroxylation is 2. The van der Waals surface area contributed by atoms with Gasteiger partial charge in [0.1, 0.15) is 5.75 Å². The standard InChI is InChI=1S/C23H27NO3/c1-5-18(17-9-6-14(2)7-10-17)24-21(26)13-27-20-11-8-15(3)22-16(4)12-19(25)23(20)22/h6-11,16,18H,5,12-13H2,1-4H3,(H,24,26)/t16-,18+/m1/s1. The maximum absolute atomic E-state index is 12.4. The maximum Gasteiger partial charge on any atom is 0.258 e. The Bertz CT molecular complexity index is 855. The predicted molar refractivity (Wildman–Crippen MR) is 106 cm³/mol. The van der Waals surface area contributed by atoms with Crippen LogP contribution in [-0.4, -0.2) is 18.3 Å². The molecule has 27 heavy (non-hydrogen) atoms. The normalized spacial score (nSPS) is 16.7. The van der Waals surface area contributed by atoms with E-state index in [0.29, 0.717) is 17.7 Å². The minimum absolute atomic E-state index is 0.0490. The van der Waals surface area contributed by atoms with Gasteiger partial charge in [-0.05, 0) is 48.9 Å². The molecule has 0 heterocycles. The van der Waals surface area contributed by atoms with Crippen molar-refractivity contribution in [3.8, 4) is 5.75 Å². The Morgan fingerprint density at radius 3 is 2.56 bits per heavy atom. The summed E-state index contributed by atoms with van der Waals surface area (Å²) in [4.78, 5) is 24.8. The second-order valence-electron chi connectivity index (χ2n) is 7.43. The molecule has 3 rings (SSSR count). The molecule has 2 atom stereocenters. The van der Waals surface area contributed by atoms with Crippen LogP contribution in [0.15, 0.2) is 36.4 Å². The Balaban J connectivity index is 1.68. The zero-order valence-electron chi connectivity index (χ0n) is 16.5. The average Bonchev–Trinajstić information content (AvgIpc) is 2.95. The third-order valence-corrected chi connectivity index (χ3v) is 5.27. The number of Topliss-reactive ketones (excluding diaryl/α,β-unsaturated/α-hetero) is 1. The molecule has 1 aliphatic carbocycles. The molecule has 0 saturated carbocycles. The van der Waals surface area contributed by atoms with Crippen LogP contribution >= 0.6 is 0 Å². The van der Waals surface area contributed by atoms with Gasteiger partial charge in [0.2, 0.25) is 0 Å². The molecule has 0 spiro atoms. The molecule has 1 amide bonds. The lowest BCUT2D eigenvalue weighted by Gasteiger charge is -2.18. The molecular weight excluding hydrogens is 338 g/mol. The number of carbonyl (C=O) groups is 2. The summed E-state index contributed by atoms with van der Waals surface area (Å²) in [6.07, 6.45) is 1.30. The number of nitrogens with one attached hydrogen (secondary N) is 1. The number of hydrogen-bond acceptors (Lipinski definition) is 3. The summed E-state index contributed by atoms with van der Waals surface area (Å²) in [7, 11) is 0. The van der Waals surface area contributed by atoms with E-state index < -0.39 is 0 Å². The van der Waals surface area contributed by atoms with Gasteiger partial charge in [-0.25, -0.2) is 0 Å². The maximum atomic E-state index is 12.4. The van der Waals surface area contributed by atoms with Crippen LogP contribution in [0.1, 0.15) is 71.3 Å². The van der Waals surface area contributed by atoms with Crippen LogP contribution in [0.25, 0.3) is 0 Å². The summed E-state index contributed by atoms with van der Waals surface area (Å²) in [5.41, 5.74) is 5.09. The smallest absolute Gasteiger partial charge is 0.258 e. The number of ketones is 1. The van der Waals surface area contributed by atoms with Gasteiger partial charge in [-0.2, -0.15) is 0 Å². The molecule has 142 valence electrons. The molecule has 4 heteroatoms. The van der Waals surface area contributed by atoms with Crippen molar-refractivity contribution in [2.24, 2.45) is 0 Å². The van der Waals surface area contributed by atoms with Crippen LogP contribution in [0.5, 0.6) is 5.75 Å². The second kappa shape index (κ2) is 7.95. The Labute approximate surface area is 160 Å². The van der Waals surface area contributed by atoms with Crippen molar-refractivity contribution in [3.05, 3.63) is 64.2 Å². The zero-order chi connectivity index (χ0) is 19.6. The highest BCUT2D eigenvalue weighted by Gasteiger charge is 2.31. The van der Waals surface area contributed by atoms with Gasteiger partial charge in [0.05, 0.1) is 11.6 Å². The fraction of sp³-hybridized carbons (Fsp3) is 0.391. The Hall–Kier alpha value is -2.62. The van der Waals surface area contributed by atoms with Gasteiger partial charge >= 0.3 is 0 Å². The summed E-state index contributed by atoms with van der Waals surface area (Å²) in [6.45, 7) is 8.05. The van der Waals surface area contributed by atoms with Crippen molar-refractivity contribution in [1.29, 1.82) is 0 Å². The lowest BCUT2D eigenvalue weighted by molar-refractivity contribution is -0.123. The fourth-order valence-electron chi connectivity index (χ4n) is 3.83. The summed E-state index contributed by atoms with van der Waals surface area (Å²) >= 11 is 0. The third kappa shape index (κ3) is 4.05. The number of carbonyl (C=O) groups excluding carboxylic acids is 2. The first-order valence-electron chi connectivity index (χ1n) is 9.56. The second-order valence-corrected chi connectivity index (χ2v) is 7.43. The van der Waals surface area contributed by atoms with E-state index >= 15 is 0 Å². The monoisotopic (exact) mass is 365 g/mol. The Kier molecular flexibility index (Phi) is 5.64. The first-order valence-corrected chi connectivity index (χ1v) is 9.56. The third-order valence-electron chi connectivity index (χ3n) is 5.27. The van der Waals surface area contributed by atoms with Crippen LogP contribution in [-0.2, 0) is 4.79 Å². The van der Waals surface area contributed by atoms with Crippen molar-refractivity contribution >= 4 is 11.7 Å². The van der Waals surface area contributed by atoms with E-state index in [0.717, 1.165) is 23.1 Å². The Morgan fingerprint density at radius 2 is 1.89 bits per heavy atom.